The molecule has 1 rings (SSSR count). The smallest absolute Gasteiger partial charge is 0.320 e. The topological polar surface area (TPSA) is 49.3 Å². The second-order valence-electron chi connectivity index (χ2n) is 3.40. The van der Waals surface area contributed by atoms with Crippen LogP contribution in [-0.4, -0.2) is 23.2 Å². The summed E-state index contributed by atoms with van der Waals surface area (Å²) < 4.78 is 0. The molecule has 3 atom stereocenters. The molecule has 1 heterocycles. The average molecular weight is 157 g/mol. The summed E-state index contributed by atoms with van der Waals surface area (Å²) in [5.74, 6) is -0.116. The molecular formula is C8H15NO2. The van der Waals surface area contributed by atoms with Crippen molar-refractivity contribution in [2.45, 2.75) is 38.8 Å². The number of rotatable bonds is 1. The van der Waals surface area contributed by atoms with E-state index in [9.17, 15) is 4.79 Å². The van der Waals surface area contributed by atoms with E-state index in [0.29, 0.717) is 12.0 Å². The summed E-state index contributed by atoms with van der Waals surface area (Å²) in [6, 6.07) is 0.0195. The van der Waals surface area contributed by atoms with Crippen LogP contribution < -0.4 is 5.32 Å². The minimum Gasteiger partial charge on any atom is -0.480 e. The van der Waals surface area contributed by atoms with Gasteiger partial charge in [-0.25, -0.2) is 0 Å². The van der Waals surface area contributed by atoms with Crippen molar-refractivity contribution in [3.63, 3.8) is 0 Å². The number of nitrogens with one attached hydrogen (secondary N) is 1. The second kappa shape index (κ2) is 3.22. The summed E-state index contributed by atoms with van der Waals surface area (Å²) in [5, 5.41) is 11.7. The van der Waals surface area contributed by atoms with Crippen LogP contribution in [0.4, 0.5) is 0 Å². The van der Waals surface area contributed by atoms with Crippen LogP contribution in [0.2, 0.25) is 0 Å². The van der Waals surface area contributed by atoms with Gasteiger partial charge in [0.15, 0.2) is 0 Å². The number of aliphatic carboxylic acids is 1. The maximum atomic E-state index is 10.5. The molecule has 0 aliphatic carbocycles. The van der Waals surface area contributed by atoms with Crippen molar-refractivity contribution in [3.8, 4) is 0 Å². The Kier molecular flexibility index (Phi) is 2.49. The second-order valence-corrected chi connectivity index (χ2v) is 3.40. The summed E-state index contributed by atoms with van der Waals surface area (Å²) in [6.07, 6.45) is 1.78. The highest BCUT2D eigenvalue weighted by Crippen LogP contribution is 2.18. The van der Waals surface area contributed by atoms with Crippen LogP contribution in [-0.2, 0) is 4.79 Å². The summed E-state index contributed by atoms with van der Waals surface area (Å²) in [5.41, 5.74) is 0. The van der Waals surface area contributed by atoms with Crippen LogP contribution in [0.3, 0.4) is 0 Å². The minimum atomic E-state index is -0.719. The predicted octanol–water partition coefficient (Wildman–Crippen LogP) is 0.848. The van der Waals surface area contributed by atoms with Gasteiger partial charge in [0.2, 0.25) is 0 Å². The van der Waals surface area contributed by atoms with Gasteiger partial charge in [0, 0.05) is 6.04 Å². The van der Waals surface area contributed by atoms with E-state index in [1.54, 1.807) is 0 Å². The van der Waals surface area contributed by atoms with Gasteiger partial charge in [-0.05, 0) is 25.7 Å². The van der Waals surface area contributed by atoms with E-state index in [2.05, 4.69) is 12.2 Å². The lowest BCUT2D eigenvalue weighted by atomic mass is 9.90. The number of carboxylic acid groups (broad SMARTS) is 1. The molecule has 1 aliphatic heterocycles. The number of carboxylic acids is 1. The fraction of sp³-hybridized carbons (Fsp3) is 0.875. The Hall–Kier alpha value is -0.570. The Morgan fingerprint density at radius 3 is 2.55 bits per heavy atom. The molecule has 0 bridgehead atoms. The third-order valence-electron chi connectivity index (χ3n) is 2.53. The lowest BCUT2D eigenvalue weighted by Gasteiger charge is -2.31. The van der Waals surface area contributed by atoms with Gasteiger partial charge in [0.05, 0.1) is 0 Å². The molecule has 0 saturated carbocycles. The zero-order chi connectivity index (χ0) is 8.43. The molecule has 1 saturated heterocycles. The van der Waals surface area contributed by atoms with Crippen molar-refractivity contribution in [1.29, 1.82) is 0 Å². The summed E-state index contributed by atoms with van der Waals surface area (Å²) in [4.78, 5) is 10.5. The van der Waals surface area contributed by atoms with Gasteiger partial charge in [-0.3, -0.25) is 4.79 Å². The van der Waals surface area contributed by atoms with E-state index in [1.807, 2.05) is 6.92 Å². The average Bonchev–Trinajstić information content (AvgIpc) is 1.94. The number of hydrogen-bond donors (Lipinski definition) is 2. The molecule has 2 N–H and O–H groups in total. The largest absolute Gasteiger partial charge is 0.480 e. The third kappa shape index (κ3) is 1.93. The molecule has 1 fully saturated rings. The van der Waals surface area contributed by atoms with E-state index in [4.69, 9.17) is 5.11 Å². The van der Waals surface area contributed by atoms with Gasteiger partial charge in [0.1, 0.15) is 6.04 Å². The maximum absolute atomic E-state index is 10.5. The Labute approximate surface area is 66.8 Å². The fourth-order valence-electron chi connectivity index (χ4n) is 1.44. The third-order valence-corrected chi connectivity index (χ3v) is 2.53. The number of carbonyl (C=O) groups is 1. The van der Waals surface area contributed by atoms with E-state index in [0.717, 1.165) is 12.8 Å². The van der Waals surface area contributed by atoms with Crippen molar-refractivity contribution < 1.29 is 9.90 Å². The van der Waals surface area contributed by atoms with Crippen molar-refractivity contribution in [3.05, 3.63) is 0 Å². The van der Waals surface area contributed by atoms with Gasteiger partial charge in [0.25, 0.3) is 0 Å². The van der Waals surface area contributed by atoms with Crippen molar-refractivity contribution in [1.82, 2.24) is 5.32 Å². The maximum Gasteiger partial charge on any atom is 0.320 e. The Morgan fingerprint density at radius 1 is 1.45 bits per heavy atom. The molecular weight excluding hydrogens is 142 g/mol. The van der Waals surface area contributed by atoms with Crippen molar-refractivity contribution in [2.24, 2.45) is 5.92 Å². The number of hydrogen-bond acceptors (Lipinski definition) is 2. The Balaban J connectivity index is 2.46. The first-order valence-electron chi connectivity index (χ1n) is 4.10. The fourth-order valence-corrected chi connectivity index (χ4v) is 1.44. The first kappa shape index (κ1) is 8.53. The monoisotopic (exact) mass is 157 g/mol. The first-order valence-corrected chi connectivity index (χ1v) is 4.10. The lowest BCUT2D eigenvalue weighted by Crippen LogP contribution is -2.48. The minimum absolute atomic E-state index is 0.318. The van der Waals surface area contributed by atoms with Crippen LogP contribution in [0.5, 0.6) is 0 Å². The van der Waals surface area contributed by atoms with Crippen LogP contribution in [0.25, 0.3) is 0 Å². The van der Waals surface area contributed by atoms with Gasteiger partial charge in [-0.1, -0.05) is 6.92 Å². The molecule has 1 aliphatic rings. The predicted molar refractivity (Wildman–Crippen MR) is 42.4 cm³/mol. The highest BCUT2D eigenvalue weighted by molar-refractivity contribution is 5.73. The van der Waals surface area contributed by atoms with Crippen molar-refractivity contribution in [2.75, 3.05) is 0 Å². The van der Waals surface area contributed by atoms with Crippen LogP contribution in [0.15, 0.2) is 0 Å². The van der Waals surface area contributed by atoms with Gasteiger partial charge in [-0.2, -0.15) is 0 Å². The summed E-state index contributed by atoms with van der Waals surface area (Å²) >= 11 is 0. The van der Waals surface area contributed by atoms with Crippen LogP contribution in [0, 0.1) is 5.92 Å². The quantitative estimate of drug-likeness (QED) is 0.593. The number of piperidine rings is 1. The summed E-state index contributed by atoms with van der Waals surface area (Å²) in [6.45, 7) is 4.19. The zero-order valence-corrected chi connectivity index (χ0v) is 7.00. The molecule has 11 heavy (non-hydrogen) atoms. The van der Waals surface area contributed by atoms with Crippen molar-refractivity contribution >= 4 is 5.97 Å². The molecule has 0 spiro atoms. The molecule has 0 aromatic carbocycles. The summed E-state index contributed by atoms with van der Waals surface area (Å²) in [7, 11) is 0. The zero-order valence-electron chi connectivity index (χ0n) is 7.00. The molecule has 0 aromatic heterocycles. The van der Waals surface area contributed by atoms with Gasteiger partial charge < -0.3 is 10.4 Å². The van der Waals surface area contributed by atoms with E-state index in [-0.39, 0.29) is 6.04 Å². The Morgan fingerprint density at radius 2 is 2.09 bits per heavy atom. The van der Waals surface area contributed by atoms with E-state index < -0.39 is 5.97 Å². The lowest BCUT2D eigenvalue weighted by molar-refractivity contribution is -0.140. The molecule has 3 nitrogen and oxygen atoms in total. The molecule has 64 valence electrons. The molecule has 0 amide bonds. The van der Waals surface area contributed by atoms with Gasteiger partial charge in [-0.15, -0.1) is 0 Å². The molecule has 0 radical (unpaired) electrons. The highest BCUT2D eigenvalue weighted by atomic mass is 16.4. The Bertz CT molecular complexity index is 158. The van der Waals surface area contributed by atoms with Gasteiger partial charge >= 0.3 is 5.97 Å². The first-order chi connectivity index (χ1) is 5.11. The molecule has 3 heteroatoms. The van der Waals surface area contributed by atoms with Crippen LogP contribution >= 0.6 is 0 Å². The van der Waals surface area contributed by atoms with Crippen LogP contribution in [0.1, 0.15) is 26.7 Å². The van der Waals surface area contributed by atoms with E-state index in [1.165, 1.54) is 0 Å². The van der Waals surface area contributed by atoms with E-state index >= 15 is 0 Å². The SMILES string of the molecule is C[C@@H]1CC[C@@H](C(=O)O)N[C@@H]1C. The highest BCUT2D eigenvalue weighted by Gasteiger charge is 2.27. The normalized spacial score (nSPS) is 38.5. The molecule has 0 unspecified atom stereocenters. The molecule has 0 aromatic rings. The standard InChI is InChI=1S/C8H15NO2/c1-5-3-4-7(8(10)11)9-6(5)2/h5-7,9H,3-4H2,1-2H3,(H,10,11)/t5-,6-,7+/m1/s1.